The number of carbonyl (C=O) groups excluding carboxylic acids is 2. The van der Waals surface area contributed by atoms with Crippen LogP contribution in [0.15, 0.2) is 48.5 Å². The third-order valence-corrected chi connectivity index (χ3v) is 6.58. The summed E-state index contributed by atoms with van der Waals surface area (Å²) >= 11 is 0. The van der Waals surface area contributed by atoms with Gasteiger partial charge >= 0.3 is 12.1 Å². The topological polar surface area (TPSA) is 105 Å². The van der Waals surface area contributed by atoms with E-state index in [4.69, 9.17) is 14.6 Å². The molecule has 1 unspecified atom stereocenters. The second-order valence-electron chi connectivity index (χ2n) is 9.23. The number of carboxylic acids is 1. The standard InChI is InChI=1S/C27H32N2O6/c1-29(14-15-34-16-18-10-11-18)26(32)24(12-13-25(30)31)28-27(33)35-17-23-21-8-4-2-6-19(21)20-7-3-5-9-22(20)23/h2-9,18,23-24H,10-17H2,1H3,(H,28,33)(H,30,31). The zero-order valence-electron chi connectivity index (χ0n) is 19.9. The van der Waals surface area contributed by atoms with Crippen molar-refractivity contribution in [2.75, 3.05) is 33.4 Å². The minimum Gasteiger partial charge on any atom is -0.481 e. The molecule has 1 saturated carbocycles. The number of carbonyl (C=O) groups is 3. The van der Waals surface area contributed by atoms with Crippen molar-refractivity contribution in [1.29, 1.82) is 0 Å². The number of nitrogens with zero attached hydrogens (tertiary/aromatic N) is 1. The monoisotopic (exact) mass is 480 g/mol. The molecular weight excluding hydrogens is 448 g/mol. The summed E-state index contributed by atoms with van der Waals surface area (Å²) in [6.07, 6.45) is 1.37. The minimum atomic E-state index is -1.03. The molecule has 0 aromatic heterocycles. The number of hydrogen-bond acceptors (Lipinski definition) is 5. The van der Waals surface area contributed by atoms with Gasteiger partial charge in [0.05, 0.1) is 6.61 Å². The van der Waals surface area contributed by atoms with E-state index in [9.17, 15) is 14.4 Å². The van der Waals surface area contributed by atoms with Gasteiger partial charge in [-0.05, 0) is 47.4 Å². The predicted octanol–water partition coefficient (Wildman–Crippen LogP) is 3.64. The van der Waals surface area contributed by atoms with Crippen molar-refractivity contribution in [3.63, 3.8) is 0 Å². The summed E-state index contributed by atoms with van der Waals surface area (Å²) in [5.74, 6) is -0.871. The molecule has 2 aromatic carbocycles. The molecule has 8 heteroatoms. The van der Waals surface area contributed by atoms with E-state index in [1.54, 1.807) is 7.05 Å². The lowest BCUT2D eigenvalue weighted by Gasteiger charge is -2.24. The quantitative estimate of drug-likeness (QED) is 0.450. The number of fused-ring (bicyclic) bond motifs is 3. The van der Waals surface area contributed by atoms with Crippen molar-refractivity contribution < 1.29 is 29.0 Å². The van der Waals surface area contributed by atoms with Crippen LogP contribution in [0.5, 0.6) is 0 Å². The highest BCUT2D eigenvalue weighted by molar-refractivity contribution is 5.86. The number of alkyl carbamates (subject to hydrolysis) is 1. The van der Waals surface area contributed by atoms with Gasteiger partial charge in [0.25, 0.3) is 0 Å². The van der Waals surface area contributed by atoms with E-state index in [0.29, 0.717) is 25.7 Å². The summed E-state index contributed by atoms with van der Waals surface area (Å²) in [4.78, 5) is 38.2. The number of amides is 2. The van der Waals surface area contributed by atoms with Gasteiger partial charge in [-0.15, -0.1) is 0 Å². The predicted molar refractivity (Wildman–Crippen MR) is 130 cm³/mol. The zero-order chi connectivity index (χ0) is 24.8. The maximum Gasteiger partial charge on any atom is 0.407 e. The molecule has 0 heterocycles. The number of benzene rings is 2. The third-order valence-electron chi connectivity index (χ3n) is 6.58. The first kappa shape index (κ1) is 24.7. The van der Waals surface area contributed by atoms with Crippen molar-refractivity contribution in [2.24, 2.45) is 5.92 Å². The third kappa shape index (κ3) is 6.39. The summed E-state index contributed by atoms with van der Waals surface area (Å²) in [6.45, 7) is 1.57. The fraction of sp³-hybridized carbons (Fsp3) is 0.444. The molecule has 2 N–H and O–H groups in total. The lowest BCUT2D eigenvalue weighted by atomic mass is 9.98. The average molecular weight is 481 g/mol. The Bertz CT molecular complexity index is 1020. The first-order chi connectivity index (χ1) is 16.9. The lowest BCUT2D eigenvalue weighted by molar-refractivity contribution is -0.138. The van der Waals surface area contributed by atoms with Gasteiger partial charge in [-0.3, -0.25) is 9.59 Å². The highest BCUT2D eigenvalue weighted by Crippen LogP contribution is 2.44. The molecule has 2 aliphatic rings. The van der Waals surface area contributed by atoms with E-state index in [1.165, 1.54) is 17.7 Å². The van der Waals surface area contributed by atoms with Crippen molar-refractivity contribution in [1.82, 2.24) is 10.2 Å². The Kier molecular flexibility index (Phi) is 8.02. The summed E-state index contributed by atoms with van der Waals surface area (Å²) in [5.41, 5.74) is 4.42. The molecular formula is C27H32N2O6. The minimum absolute atomic E-state index is 0.0222. The summed E-state index contributed by atoms with van der Waals surface area (Å²) < 4.78 is 11.1. The molecule has 0 saturated heterocycles. The molecule has 2 amide bonds. The Hall–Kier alpha value is -3.39. The molecule has 0 spiro atoms. The van der Waals surface area contributed by atoms with Gasteiger partial charge in [0.2, 0.25) is 5.91 Å². The van der Waals surface area contributed by atoms with Crippen molar-refractivity contribution >= 4 is 18.0 Å². The number of nitrogens with one attached hydrogen (secondary N) is 1. The number of hydrogen-bond donors (Lipinski definition) is 2. The summed E-state index contributed by atoms with van der Waals surface area (Å²) in [5, 5.41) is 11.7. The van der Waals surface area contributed by atoms with Crippen LogP contribution in [0.4, 0.5) is 4.79 Å². The molecule has 0 bridgehead atoms. The Balaban J connectivity index is 1.34. The molecule has 1 atom stereocenters. The van der Waals surface area contributed by atoms with Gasteiger partial charge in [0.15, 0.2) is 0 Å². The van der Waals surface area contributed by atoms with E-state index < -0.39 is 18.1 Å². The van der Waals surface area contributed by atoms with E-state index in [2.05, 4.69) is 17.4 Å². The molecule has 8 nitrogen and oxygen atoms in total. The van der Waals surface area contributed by atoms with Gasteiger partial charge < -0.3 is 24.8 Å². The Morgan fingerprint density at radius 3 is 2.26 bits per heavy atom. The van der Waals surface area contributed by atoms with Gasteiger partial charge in [0, 0.05) is 32.5 Å². The van der Waals surface area contributed by atoms with Crippen LogP contribution in [0.3, 0.4) is 0 Å². The molecule has 4 rings (SSSR count). The number of ether oxygens (including phenoxy) is 2. The Morgan fingerprint density at radius 1 is 1.03 bits per heavy atom. The smallest absolute Gasteiger partial charge is 0.407 e. The second-order valence-corrected chi connectivity index (χ2v) is 9.23. The average Bonchev–Trinajstić information content (AvgIpc) is 3.63. The van der Waals surface area contributed by atoms with E-state index in [-0.39, 0.29) is 31.3 Å². The molecule has 0 radical (unpaired) electrons. The van der Waals surface area contributed by atoms with Crippen LogP contribution in [0.25, 0.3) is 11.1 Å². The highest BCUT2D eigenvalue weighted by Gasteiger charge is 2.30. The summed E-state index contributed by atoms with van der Waals surface area (Å²) in [6, 6.07) is 15.1. The van der Waals surface area contributed by atoms with Crippen LogP contribution < -0.4 is 5.32 Å². The van der Waals surface area contributed by atoms with Crippen molar-refractivity contribution in [3.05, 3.63) is 59.7 Å². The molecule has 1 fully saturated rings. The zero-order valence-corrected chi connectivity index (χ0v) is 19.9. The molecule has 186 valence electrons. The number of carboxylic acid groups (broad SMARTS) is 1. The second kappa shape index (κ2) is 11.4. The lowest BCUT2D eigenvalue weighted by Crippen LogP contribution is -2.48. The van der Waals surface area contributed by atoms with Crippen LogP contribution in [0.1, 0.15) is 42.7 Å². The van der Waals surface area contributed by atoms with E-state index >= 15 is 0 Å². The Labute approximate surface area is 205 Å². The fourth-order valence-electron chi connectivity index (χ4n) is 4.42. The Morgan fingerprint density at radius 2 is 1.66 bits per heavy atom. The number of aliphatic carboxylic acids is 1. The fourth-order valence-corrected chi connectivity index (χ4v) is 4.42. The summed E-state index contributed by atoms with van der Waals surface area (Å²) in [7, 11) is 1.62. The van der Waals surface area contributed by atoms with Crippen LogP contribution in [-0.2, 0) is 19.1 Å². The maximum atomic E-state index is 12.9. The van der Waals surface area contributed by atoms with Gasteiger partial charge in [-0.2, -0.15) is 0 Å². The normalized spacial score (nSPS) is 15.1. The van der Waals surface area contributed by atoms with Crippen LogP contribution in [0.2, 0.25) is 0 Å². The van der Waals surface area contributed by atoms with Crippen molar-refractivity contribution in [2.45, 2.75) is 37.6 Å². The molecule has 35 heavy (non-hydrogen) atoms. The highest BCUT2D eigenvalue weighted by atomic mass is 16.5. The number of rotatable bonds is 12. The van der Waals surface area contributed by atoms with Gasteiger partial charge in [0.1, 0.15) is 12.6 Å². The molecule has 0 aliphatic heterocycles. The van der Waals surface area contributed by atoms with Crippen LogP contribution >= 0.6 is 0 Å². The van der Waals surface area contributed by atoms with Crippen molar-refractivity contribution in [3.8, 4) is 11.1 Å². The van der Waals surface area contributed by atoms with Gasteiger partial charge in [-0.1, -0.05) is 48.5 Å². The van der Waals surface area contributed by atoms with Crippen LogP contribution in [0, 0.1) is 5.92 Å². The van der Waals surface area contributed by atoms with E-state index in [0.717, 1.165) is 22.3 Å². The van der Waals surface area contributed by atoms with Gasteiger partial charge in [-0.25, -0.2) is 4.79 Å². The first-order valence-electron chi connectivity index (χ1n) is 12.1. The SMILES string of the molecule is CN(CCOCC1CC1)C(=O)C(CCC(=O)O)NC(=O)OCC1c2ccccc2-c2ccccc21. The molecule has 2 aromatic rings. The maximum absolute atomic E-state index is 12.9. The molecule has 2 aliphatic carbocycles. The first-order valence-corrected chi connectivity index (χ1v) is 12.1. The number of likely N-dealkylation sites (N-methyl/N-ethyl adjacent to an activating group) is 1. The van der Waals surface area contributed by atoms with Crippen LogP contribution in [-0.4, -0.2) is 67.4 Å². The largest absolute Gasteiger partial charge is 0.481 e. The van der Waals surface area contributed by atoms with E-state index in [1.807, 2.05) is 36.4 Å².